The van der Waals surface area contributed by atoms with E-state index < -0.39 is 0 Å². The number of morpholine rings is 1. The number of nitrogens with zero attached hydrogens (tertiary/aromatic N) is 2. The number of aromatic nitrogens is 1. The van der Waals surface area contributed by atoms with Gasteiger partial charge in [0.2, 0.25) is 5.91 Å². The smallest absolute Gasteiger partial charge is 0.256 e. The van der Waals surface area contributed by atoms with Crippen LogP contribution in [0.5, 0.6) is 0 Å². The first-order chi connectivity index (χ1) is 14.0. The van der Waals surface area contributed by atoms with E-state index in [0.717, 1.165) is 16.5 Å². The number of nitrogens with two attached hydrogens (primary N) is 1. The number of carbonyl (C=O) groups excluding carboxylic acids is 2. The van der Waals surface area contributed by atoms with Crippen LogP contribution in [0.1, 0.15) is 15.9 Å². The van der Waals surface area contributed by atoms with Crippen LogP contribution in [-0.2, 0) is 16.1 Å². The molecule has 0 bridgehead atoms. The number of anilines is 2. The molecule has 0 atom stereocenters. The Hall–Kier alpha value is -3.32. The van der Waals surface area contributed by atoms with Gasteiger partial charge in [-0.3, -0.25) is 9.59 Å². The van der Waals surface area contributed by atoms with E-state index in [2.05, 4.69) is 5.32 Å². The van der Waals surface area contributed by atoms with Gasteiger partial charge in [0, 0.05) is 47.1 Å². The molecule has 0 radical (unpaired) electrons. The van der Waals surface area contributed by atoms with Crippen molar-refractivity contribution < 1.29 is 14.3 Å². The Morgan fingerprint density at radius 3 is 2.69 bits per heavy atom. The summed E-state index contributed by atoms with van der Waals surface area (Å²) >= 11 is 0. The van der Waals surface area contributed by atoms with E-state index in [9.17, 15) is 9.59 Å². The van der Waals surface area contributed by atoms with Crippen LogP contribution in [0.2, 0.25) is 0 Å². The van der Waals surface area contributed by atoms with Gasteiger partial charge >= 0.3 is 0 Å². The average molecular weight is 392 g/mol. The van der Waals surface area contributed by atoms with Crippen LogP contribution >= 0.6 is 0 Å². The number of hydrogen-bond donors (Lipinski definition) is 2. The highest BCUT2D eigenvalue weighted by Crippen LogP contribution is 2.22. The maximum atomic E-state index is 12.6. The van der Waals surface area contributed by atoms with E-state index >= 15 is 0 Å². The third-order valence-electron chi connectivity index (χ3n) is 5.20. The number of nitrogen functional groups attached to an aromatic ring is 1. The highest BCUT2D eigenvalue weighted by atomic mass is 16.5. The van der Waals surface area contributed by atoms with Crippen molar-refractivity contribution in [3.63, 3.8) is 0 Å². The zero-order valence-corrected chi connectivity index (χ0v) is 16.4. The molecule has 1 aliphatic rings. The summed E-state index contributed by atoms with van der Waals surface area (Å²) in [4.78, 5) is 27.0. The van der Waals surface area contributed by atoms with E-state index in [1.807, 2.05) is 52.9 Å². The summed E-state index contributed by atoms with van der Waals surface area (Å²) in [5.74, 6) is -0.114. The Kier molecular flexibility index (Phi) is 5.22. The van der Waals surface area contributed by atoms with E-state index in [1.54, 1.807) is 12.1 Å². The Bertz CT molecular complexity index is 1070. The lowest BCUT2D eigenvalue weighted by Crippen LogP contribution is -2.42. The third-order valence-corrected chi connectivity index (χ3v) is 5.20. The number of fused-ring (bicyclic) bond motifs is 1. The van der Waals surface area contributed by atoms with E-state index in [1.165, 1.54) is 0 Å². The normalized spacial score (nSPS) is 14.2. The second-order valence-electron chi connectivity index (χ2n) is 7.24. The lowest BCUT2D eigenvalue weighted by atomic mass is 10.1. The number of hydrogen-bond acceptors (Lipinski definition) is 4. The summed E-state index contributed by atoms with van der Waals surface area (Å²) in [6.07, 6.45) is 1.90. The molecule has 7 heteroatoms. The van der Waals surface area contributed by atoms with Crippen molar-refractivity contribution in [1.82, 2.24) is 9.47 Å². The average Bonchev–Trinajstić information content (AvgIpc) is 3.12. The Morgan fingerprint density at radius 2 is 1.90 bits per heavy atom. The van der Waals surface area contributed by atoms with Gasteiger partial charge in [-0.15, -0.1) is 0 Å². The zero-order chi connectivity index (χ0) is 20.4. The minimum Gasteiger partial charge on any atom is -0.399 e. The molecule has 150 valence electrons. The summed E-state index contributed by atoms with van der Waals surface area (Å²) in [6.45, 7) is 4.62. The van der Waals surface area contributed by atoms with Gasteiger partial charge < -0.3 is 25.3 Å². The number of amides is 2. The van der Waals surface area contributed by atoms with Gasteiger partial charge in [-0.05, 0) is 48.9 Å². The van der Waals surface area contributed by atoms with Crippen molar-refractivity contribution in [2.45, 2.75) is 13.5 Å². The van der Waals surface area contributed by atoms with Crippen LogP contribution in [0.25, 0.3) is 10.9 Å². The molecule has 2 aromatic carbocycles. The van der Waals surface area contributed by atoms with Crippen LogP contribution in [0, 0.1) is 6.92 Å². The molecule has 1 saturated heterocycles. The molecule has 0 unspecified atom stereocenters. The third kappa shape index (κ3) is 4.09. The Balaban J connectivity index is 1.49. The van der Waals surface area contributed by atoms with Crippen molar-refractivity contribution in [3.05, 3.63) is 59.8 Å². The number of ether oxygens (including phenoxy) is 1. The molecule has 1 aromatic heterocycles. The predicted octanol–water partition coefficient (Wildman–Crippen LogP) is 2.64. The second kappa shape index (κ2) is 7.97. The van der Waals surface area contributed by atoms with E-state index in [4.69, 9.17) is 10.5 Å². The Morgan fingerprint density at radius 1 is 1.10 bits per heavy atom. The monoisotopic (exact) mass is 392 g/mol. The summed E-state index contributed by atoms with van der Waals surface area (Å²) in [7, 11) is 0. The summed E-state index contributed by atoms with van der Waals surface area (Å²) < 4.78 is 7.24. The lowest BCUT2D eigenvalue weighted by molar-refractivity contribution is -0.135. The van der Waals surface area contributed by atoms with Gasteiger partial charge in [-0.1, -0.05) is 6.07 Å². The van der Waals surface area contributed by atoms with Crippen molar-refractivity contribution >= 4 is 34.1 Å². The molecular weight excluding hydrogens is 368 g/mol. The first kappa shape index (κ1) is 19.0. The van der Waals surface area contributed by atoms with E-state index in [-0.39, 0.29) is 18.4 Å². The summed E-state index contributed by atoms with van der Waals surface area (Å²) in [5, 5.41) is 3.89. The van der Waals surface area contributed by atoms with Crippen LogP contribution in [0.15, 0.2) is 48.7 Å². The fraction of sp³-hybridized carbons (Fsp3) is 0.273. The molecule has 1 aliphatic heterocycles. The number of nitrogens with one attached hydrogen (secondary N) is 1. The molecule has 2 heterocycles. The molecule has 0 aliphatic carbocycles. The van der Waals surface area contributed by atoms with Gasteiger partial charge in [0.25, 0.3) is 5.91 Å². The molecule has 3 N–H and O–H groups in total. The molecule has 0 saturated carbocycles. The minimum absolute atomic E-state index is 0.0836. The molecule has 3 aromatic rings. The summed E-state index contributed by atoms with van der Waals surface area (Å²) in [5.41, 5.74) is 9.43. The molecule has 29 heavy (non-hydrogen) atoms. The highest BCUT2D eigenvalue weighted by molar-refractivity contribution is 6.06. The van der Waals surface area contributed by atoms with Gasteiger partial charge in [0.1, 0.15) is 6.54 Å². The molecule has 7 nitrogen and oxygen atoms in total. The van der Waals surface area contributed by atoms with Gasteiger partial charge in [-0.25, -0.2) is 0 Å². The number of carbonyl (C=O) groups is 2. The number of rotatable bonds is 4. The largest absolute Gasteiger partial charge is 0.399 e. The second-order valence-corrected chi connectivity index (χ2v) is 7.24. The number of benzene rings is 2. The maximum Gasteiger partial charge on any atom is 0.256 e. The van der Waals surface area contributed by atoms with Crippen LogP contribution in [0.4, 0.5) is 11.4 Å². The standard InChI is InChI=1S/C22H24N4O3/c1-15-2-3-17(23)13-19(15)22(28)24-18-4-5-20-16(12-18)6-7-26(20)14-21(27)25-8-10-29-11-9-25/h2-7,12-13H,8-11,14,23H2,1H3,(H,24,28). The van der Waals surface area contributed by atoms with Crippen molar-refractivity contribution in [2.75, 3.05) is 37.4 Å². The zero-order valence-electron chi connectivity index (χ0n) is 16.4. The fourth-order valence-corrected chi connectivity index (χ4v) is 3.56. The van der Waals surface area contributed by atoms with Gasteiger partial charge in [0.15, 0.2) is 0 Å². The van der Waals surface area contributed by atoms with E-state index in [0.29, 0.717) is 43.2 Å². The van der Waals surface area contributed by atoms with Gasteiger partial charge in [0.05, 0.1) is 13.2 Å². The van der Waals surface area contributed by atoms with Crippen LogP contribution in [-0.4, -0.2) is 47.6 Å². The maximum absolute atomic E-state index is 12.6. The van der Waals surface area contributed by atoms with Crippen molar-refractivity contribution in [1.29, 1.82) is 0 Å². The number of aryl methyl sites for hydroxylation is 1. The Labute approximate surface area is 169 Å². The first-order valence-corrected chi connectivity index (χ1v) is 9.63. The molecule has 0 spiro atoms. The highest BCUT2D eigenvalue weighted by Gasteiger charge is 2.18. The fourth-order valence-electron chi connectivity index (χ4n) is 3.56. The quantitative estimate of drug-likeness (QED) is 0.668. The van der Waals surface area contributed by atoms with Crippen LogP contribution in [0.3, 0.4) is 0 Å². The molecule has 4 rings (SSSR count). The van der Waals surface area contributed by atoms with Crippen molar-refractivity contribution in [2.24, 2.45) is 0 Å². The van der Waals surface area contributed by atoms with Crippen LogP contribution < -0.4 is 11.1 Å². The predicted molar refractivity (Wildman–Crippen MR) is 113 cm³/mol. The first-order valence-electron chi connectivity index (χ1n) is 9.63. The van der Waals surface area contributed by atoms with Crippen molar-refractivity contribution in [3.8, 4) is 0 Å². The summed E-state index contributed by atoms with van der Waals surface area (Å²) in [6, 6.07) is 12.9. The molecule has 1 fully saturated rings. The molecular formula is C22H24N4O3. The lowest BCUT2D eigenvalue weighted by Gasteiger charge is -2.27. The molecule has 2 amide bonds. The van der Waals surface area contributed by atoms with Gasteiger partial charge in [-0.2, -0.15) is 0 Å². The minimum atomic E-state index is -0.198. The topological polar surface area (TPSA) is 89.6 Å². The SMILES string of the molecule is Cc1ccc(N)cc1C(=O)Nc1ccc2c(ccn2CC(=O)N2CCOCC2)c1.